The van der Waals surface area contributed by atoms with E-state index in [2.05, 4.69) is 4.72 Å². The Morgan fingerprint density at radius 3 is 2.18 bits per heavy atom. The minimum absolute atomic E-state index is 0.233. The zero-order chi connectivity index (χ0) is 25.4. The zero-order valence-electron chi connectivity index (χ0n) is 20.8. The minimum Gasteiger partial charge on any atom is -0.438 e. The Bertz CT molecular complexity index is 1110. The topological polar surface area (TPSA) is 95.9 Å². The van der Waals surface area contributed by atoms with Crippen LogP contribution in [0.15, 0.2) is 54.6 Å². The van der Waals surface area contributed by atoms with Gasteiger partial charge in [0, 0.05) is 19.4 Å². The van der Waals surface area contributed by atoms with Gasteiger partial charge in [-0.25, -0.2) is 17.9 Å². The van der Waals surface area contributed by atoms with Crippen LogP contribution in [-0.4, -0.2) is 42.9 Å². The second-order valence-corrected chi connectivity index (χ2v) is 12.2. The molecular formula is C26H36N2O5S. The maximum Gasteiger partial charge on any atom is 0.411 e. The molecule has 1 heterocycles. The van der Waals surface area contributed by atoms with Gasteiger partial charge >= 0.3 is 6.09 Å². The van der Waals surface area contributed by atoms with E-state index in [1.54, 1.807) is 32.6 Å². The summed E-state index contributed by atoms with van der Waals surface area (Å²) in [5.74, 6) is 0. The number of ether oxygens (including phenoxy) is 1. The molecule has 2 N–H and O–H groups in total. The first-order chi connectivity index (χ1) is 15.6. The fraction of sp³-hybridized carbons (Fsp3) is 0.500. The Morgan fingerprint density at radius 1 is 1.09 bits per heavy atom. The lowest BCUT2D eigenvalue weighted by atomic mass is 9.80. The normalized spacial score (nSPS) is 20.7. The maximum atomic E-state index is 13.2. The highest BCUT2D eigenvalue weighted by Crippen LogP contribution is 2.42. The smallest absolute Gasteiger partial charge is 0.411 e. The first-order valence-corrected chi connectivity index (χ1v) is 13.4. The molecule has 0 radical (unpaired) electrons. The number of sulfonamides is 1. The van der Waals surface area contributed by atoms with E-state index in [0.29, 0.717) is 19.4 Å². The highest BCUT2D eigenvalue weighted by atomic mass is 32.2. The molecular weight excluding hydrogens is 452 g/mol. The molecule has 0 spiro atoms. The molecule has 0 bridgehead atoms. The number of carbonyl (C=O) groups excluding carboxylic acids is 1. The van der Waals surface area contributed by atoms with Crippen LogP contribution in [0.5, 0.6) is 0 Å². The summed E-state index contributed by atoms with van der Waals surface area (Å²) in [5, 5.41) is 10.6. The second kappa shape index (κ2) is 9.32. The van der Waals surface area contributed by atoms with Gasteiger partial charge in [-0.1, -0.05) is 54.6 Å². The Kier molecular flexibility index (Phi) is 7.18. The van der Waals surface area contributed by atoms with E-state index in [-0.39, 0.29) is 6.04 Å². The van der Waals surface area contributed by atoms with Crippen LogP contribution >= 0.6 is 0 Å². The number of aliphatic hydroxyl groups is 1. The van der Waals surface area contributed by atoms with Crippen molar-refractivity contribution in [2.24, 2.45) is 0 Å². The lowest BCUT2D eigenvalue weighted by molar-refractivity contribution is -0.101. The van der Waals surface area contributed by atoms with Crippen LogP contribution in [0.2, 0.25) is 0 Å². The molecule has 0 aliphatic carbocycles. The van der Waals surface area contributed by atoms with E-state index in [9.17, 15) is 18.3 Å². The molecule has 8 heteroatoms. The van der Waals surface area contributed by atoms with Crippen LogP contribution in [-0.2, 0) is 25.9 Å². The summed E-state index contributed by atoms with van der Waals surface area (Å²) in [6.07, 6.45) is 1.57. The molecule has 1 aliphatic heterocycles. The van der Waals surface area contributed by atoms with Crippen LogP contribution in [0.3, 0.4) is 0 Å². The number of amides is 1. The summed E-state index contributed by atoms with van der Waals surface area (Å²) in [6.45, 7) is 9.49. The van der Waals surface area contributed by atoms with Gasteiger partial charge in [0.2, 0.25) is 10.0 Å². The monoisotopic (exact) mass is 488 g/mol. The number of cyclic esters (lactones) is 1. The molecule has 186 valence electrons. The van der Waals surface area contributed by atoms with Crippen molar-refractivity contribution in [1.29, 1.82) is 0 Å². The number of nitrogens with zero attached hydrogens (tertiary/aromatic N) is 1. The number of benzene rings is 2. The molecule has 0 saturated carbocycles. The molecule has 34 heavy (non-hydrogen) atoms. The van der Waals surface area contributed by atoms with Gasteiger partial charge in [0.05, 0.1) is 23.4 Å². The fourth-order valence-electron chi connectivity index (χ4n) is 4.77. The van der Waals surface area contributed by atoms with Gasteiger partial charge in [-0.05, 0) is 51.3 Å². The quantitative estimate of drug-likeness (QED) is 0.573. The van der Waals surface area contributed by atoms with Crippen molar-refractivity contribution in [3.63, 3.8) is 0 Å². The zero-order valence-corrected chi connectivity index (χ0v) is 21.6. The van der Waals surface area contributed by atoms with E-state index in [1.165, 1.54) is 0 Å². The van der Waals surface area contributed by atoms with Gasteiger partial charge in [-0.15, -0.1) is 0 Å². The lowest BCUT2D eigenvalue weighted by Crippen LogP contribution is -2.51. The Labute approximate surface area is 203 Å². The summed E-state index contributed by atoms with van der Waals surface area (Å²) in [7, 11) is -3.37. The van der Waals surface area contributed by atoms with Gasteiger partial charge in [0.15, 0.2) is 0 Å². The van der Waals surface area contributed by atoms with Crippen molar-refractivity contribution in [3.8, 4) is 0 Å². The first-order valence-electron chi connectivity index (χ1n) is 11.5. The molecule has 0 unspecified atom stereocenters. The molecule has 3 rings (SSSR count). The van der Waals surface area contributed by atoms with Gasteiger partial charge < -0.3 is 14.7 Å². The number of rotatable bonds is 8. The third-order valence-electron chi connectivity index (χ3n) is 6.31. The highest BCUT2D eigenvalue weighted by Gasteiger charge is 2.46. The Morgan fingerprint density at radius 2 is 1.68 bits per heavy atom. The van der Waals surface area contributed by atoms with Crippen LogP contribution in [0.1, 0.15) is 70.2 Å². The van der Waals surface area contributed by atoms with Crippen LogP contribution < -0.4 is 4.72 Å². The van der Waals surface area contributed by atoms with Crippen LogP contribution in [0, 0.1) is 0 Å². The molecule has 1 aliphatic rings. The minimum atomic E-state index is -3.37. The number of hydrogen-bond donors (Lipinski definition) is 2. The van der Waals surface area contributed by atoms with Gasteiger partial charge in [-0.3, -0.25) is 0 Å². The Balaban J connectivity index is 1.80. The van der Waals surface area contributed by atoms with Crippen LogP contribution in [0.4, 0.5) is 4.79 Å². The van der Waals surface area contributed by atoms with E-state index >= 15 is 0 Å². The fourth-order valence-corrected chi connectivity index (χ4v) is 5.82. The standard InChI is InChI=1S/C26H36N2O5S/c1-19(20-12-14-21(15-13-20)25(4,5)27-34(6,31)32)28-17-16-26(33-23(28)29,18-24(2,3)30)22-10-8-7-9-11-22/h7-15,19,27,30H,16-18H2,1-6H3/t19-,26-/m0/s1. The van der Waals surface area contributed by atoms with Gasteiger partial charge in [-0.2, -0.15) is 0 Å². The molecule has 0 aromatic heterocycles. The number of hydrogen-bond acceptors (Lipinski definition) is 5. The van der Waals surface area contributed by atoms with Crippen LogP contribution in [0.25, 0.3) is 0 Å². The van der Waals surface area contributed by atoms with Crippen molar-refractivity contribution in [2.45, 2.75) is 70.2 Å². The SMILES string of the molecule is C[C@@H](c1ccc(C(C)(C)NS(C)(=O)=O)cc1)N1CC[C@](CC(C)(C)O)(c2ccccc2)OC1=O. The third kappa shape index (κ3) is 6.17. The predicted octanol–water partition coefficient (Wildman–Crippen LogP) is 4.43. The summed E-state index contributed by atoms with van der Waals surface area (Å²) in [5.41, 5.74) is -0.0345. The molecule has 2 aromatic rings. The van der Waals surface area contributed by atoms with E-state index < -0.39 is 32.9 Å². The highest BCUT2D eigenvalue weighted by molar-refractivity contribution is 7.88. The summed E-state index contributed by atoms with van der Waals surface area (Å²) in [6, 6.07) is 16.9. The number of nitrogens with one attached hydrogen (secondary N) is 1. The predicted molar refractivity (Wildman–Crippen MR) is 133 cm³/mol. The molecule has 1 fully saturated rings. The van der Waals surface area contributed by atoms with Crippen molar-refractivity contribution in [3.05, 3.63) is 71.3 Å². The molecule has 1 amide bonds. The van der Waals surface area contributed by atoms with Crippen molar-refractivity contribution < 1.29 is 23.1 Å². The van der Waals surface area contributed by atoms with Crippen molar-refractivity contribution in [1.82, 2.24) is 9.62 Å². The molecule has 2 atom stereocenters. The lowest BCUT2D eigenvalue weighted by Gasteiger charge is -2.45. The van der Waals surface area contributed by atoms with E-state index in [0.717, 1.165) is 22.9 Å². The van der Waals surface area contributed by atoms with Crippen molar-refractivity contribution in [2.75, 3.05) is 12.8 Å². The summed E-state index contributed by atoms with van der Waals surface area (Å²) >= 11 is 0. The number of carbonyl (C=O) groups is 1. The third-order valence-corrected chi connectivity index (χ3v) is 7.20. The largest absolute Gasteiger partial charge is 0.438 e. The molecule has 1 saturated heterocycles. The first kappa shape index (κ1) is 26.2. The summed E-state index contributed by atoms with van der Waals surface area (Å²) in [4.78, 5) is 14.9. The Hall–Kier alpha value is -2.42. The molecule has 2 aromatic carbocycles. The second-order valence-electron chi connectivity index (χ2n) is 10.5. The van der Waals surface area contributed by atoms with Gasteiger partial charge in [0.1, 0.15) is 5.60 Å². The van der Waals surface area contributed by atoms with Crippen molar-refractivity contribution >= 4 is 16.1 Å². The average molecular weight is 489 g/mol. The molecule has 7 nitrogen and oxygen atoms in total. The van der Waals surface area contributed by atoms with E-state index in [1.807, 2.05) is 61.5 Å². The summed E-state index contributed by atoms with van der Waals surface area (Å²) < 4.78 is 32.1. The maximum absolute atomic E-state index is 13.2. The van der Waals surface area contributed by atoms with Gasteiger partial charge in [0.25, 0.3) is 0 Å². The average Bonchev–Trinajstić information content (AvgIpc) is 2.71. The van der Waals surface area contributed by atoms with E-state index in [4.69, 9.17) is 4.74 Å².